The van der Waals surface area contributed by atoms with Gasteiger partial charge < -0.3 is 9.50 Å². The van der Waals surface area contributed by atoms with Crippen LogP contribution in [0.15, 0.2) is 0 Å². The predicted molar refractivity (Wildman–Crippen MR) is 41.6 cm³/mol. The number of carbonyl (C=O) groups excluding carboxylic acids is 1. The highest BCUT2D eigenvalue weighted by atomic mass is 32.7. The predicted octanol–water partition coefficient (Wildman–Crippen LogP) is 1.31. The Hall–Kier alpha value is 0.140. The lowest BCUT2D eigenvalue weighted by atomic mass is 10.8. The van der Waals surface area contributed by atoms with Crippen LogP contribution in [0.2, 0.25) is 0 Å². The number of amides is 1. The number of halogens is 1. The van der Waals surface area contributed by atoms with Gasteiger partial charge in [0.2, 0.25) is 6.41 Å². The monoisotopic (exact) mass is 185 g/mol. The summed E-state index contributed by atoms with van der Waals surface area (Å²) in [7, 11) is -0.196. The van der Waals surface area contributed by atoms with Gasteiger partial charge in [-0.2, -0.15) is 0 Å². The molecule has 0 aromatic carbocycles. The first kappa shape index (κ1) is 10.1. The topological polar surface area (TPSA) is 38.3 Å². The number of carbonyl (C=O) groups is 1. The van der Waals surface area contributed by atoms with Crippen molar-refractivity contribution in [3.63, 3.8) is 0 Å². The quantitative estimate of drug-likeness (QED) is 0.293. The minimum Gasteiger partial charge on any atom is -0.358 e. The molecule has 0 aliphatic heterocycles. The van der Waals surface area contributed by atoms with Crippen molar-refractivity contribution in [3.8, 4) is 0 Å². The summed E-state index contributed by atoms with van der Waals surface area (Å²) in [6, 6.07) is 0. The fourth-order valence-electron chi connectivity index (χ4n) is 0.330. The van der Waals surface area contributed by atoms with Gasteiger partial charge in [-0.05, 0) is 0 Å². The zero-order valence-electron chi connectivity index (χ0n) is 5.54. The highest BCUT2D eigenvalue weighted by Gasteiger charge is 2.05. The van der Waals surface area contributed by atoms with Gasteiger partial charge in [-0.25, -0.2) is 4.20 Å². The molecule has 0 heterocycles. The van der Waals surface area contributed by atoms with Crippen molar-refractivity contribution >= 4 is 25.5 Å². The van der Waals surface area contributed by atoms with Gasteiger partial charge in [0.25, 0.3) is 0 Å². The third-order valence-corrected chi connectivity index (χ3v) is 3.04. The maximum absolute atomic E-state index is 12.5. The minimum atomic E-state index is -1.62. The van der Waals surface area contributed by atoms with Crippen LogP contribution < -0.4 is 5.32 Å². The van der Waals surface area contributed by atoms with E-state index in [2.05, 4.69) is 9.50 Å². The molecule has 0 aromatic rings. The second-order valence-corrected chi connectivity index (χ2v) is 4.56. The Labute approximate surface area is 64.5 Å². The minimum absolute atomic E-state index is 0.340. The van der Waals surface area contributed by atoms with Gasteiger partial charge >= 0.3 is 0 Å². The summed E-state index contributed by atoms with van der Waals surface area (Å²) in [6.45, 7) is 0.377. The molecule has 0 rings (SSSR count). The average molecular weight is 185 g/mol. The summed E-state index contributed by atoms with van der Waals surface area (Å²) in [6.07, 6.45) is 0.896. The largest absolute Gasteiger partial charge is 0.358 e. The molecule has 1 amide bonds. The second kappa shape index (κ2) is 7.25. The molecule has 10 heavy (non-hydrogen) atoms. The molecular weight excluding hydrogens is 176 g/mol. The van der Waals surface area contributed by atoms with E-state index in [1.807, 2.05) is 0 Å². The normalized spacial score (nSPS) is 12.6. The Bertz CT molecular complexity index is 97.3. The van der Waals surface area contributed by atoms with Crippen LogP contribution in [-0.4, -0.2) is 26.2 Å². The van der Waals surface area contributed by atoms with E-state index in [4.69, 9.17) is 0 Å². The molecule has 60 valence electrons. The van der Waals surface area contributed by atoms with Crippen LogP contribution in [0.5, 0.6) is 0 Å². The van der Waals surface area contributed by atoms with E-state index in [0.29, 0.717) is 19.1 Å². The molecular formula is C4H9FNO2PS. The summed E-state index contributed by atoms with van der Waals surface area (Å²) >= 11 is 0.824. The van der Waals surface area contributed by atoms with Crippen molar-refractivity contribution in [3.05, 3.63) is 0 Å². The average Bonchev–Trinajstić information content (AvgIpc) is 1.89. The van der Waals surface area contributed by atoms with Crippen LogP contribution in [0, 0.1) is 0 Å². The molecule has 0 bridgehead atoms. The lowest BCUT2D eigenvalue weighted by Gasteiger charge is -2.02. The molecule has 1 N–H and O–H groups in total. The highest BCUT2D eigenvalue weighted by Crippen LogP contribution is 2.50. The van der Waals surface area contributed by atoms with Crippen molar-refractivity contribution < 1.29 is 13.2 Å². The molecule has 0 radical (unpaired) electrons. The third-order valence-electron chi connectivity index (χ3n) is 0.671. The number of nitrogens with one attached hydrogen (secondary N) is 1. The molecule has 0 aromatic heterocycles. The smallest absolute Gasteiger partial charge is 0.207 e. The first-order valence-electron chi connectivity index (χ1n) is 2.62. The Balaban J connectivity index is 3.04. The first-order valence-corrected chi connectivity index (χ1v) is 5.39. The SMILES string of the molecule is COSP(F)CCNC=O. The van der Waals surface area contributed by atoms with Gasteiger partial charge in [0, 0.05) is 12.7 Å². The van der Waals surface area contributed by atoms with Crippen LogP contribution in [0.25, 0.3) is 0 Å². The van der Waals surface area contributed by atoms with Gasteiger partial charge in [-0.15, -0.1) is 0 Å². The number of hydrogen-bond acceptors (Lipinski definition) is 3. The zero-order valence-corrected chi connectivity index (χ0v) is 7.25. The van der Waals surface area contributed by atoms with Gasteiger partial charge in [-0.3, -0.25) is 4.79 Å². The van der Waals surface area contributed by atoms with E-state index in [-0.39, 0.29) is 0 Å². The van der Waals surface area contributed by atoms with Gasteiger partial charge in [0.05, 0.1) is 18.8 Å². The van der Waals surface area contributed by atoms with Crippen molar-refractivity contribution in [1.29, 1.82) is 0 Å². The molecule has 0 saturated carbocycles. The Morgan fingerprint density at radius 3 is 3.10 bits per heavy atom. The van der Waals surface area contributed by atoms with Gasteiger partial charge in [0.15, 0.2) is 7.43 Å². The molecule has 0 aliphatic carbocycles. The van der Waals surface area contributed by atoms with Crippen LogP contribution in [0.1, 0.15) is 0 Å². The van der Waals surface area contributed by atoms with E-state index in [0.717, 1.165) is 11.7 Å². The fraction of sp³-hybridized carbons (Fsp3) is 0.750. The fourth-order valence-corrected chi connectivity index (χ4v) is 1.85. The van der Waals surface area contributed by atoms with Crippen molar-refractivity contribution in [2.45, 2.75) is 0 Å². The number of hydrogen-bond donors (Lipinski definition) is 1. The molecule has 0 spiro atoms. The van der Waals surface area contributed by atoms with E-state index < -0.39 is 7.43 Å². The van der Waals surface area contributed by atoms with E-state index in [1.165, 1.54) is 7.11 Å². The van der Waals surface area contributed by atoms with Crippen LogP contribution in [0.3, 0.4) is 0 Å². The molecule has 0 aliphatic rings. The summed E-state index contributed by atoms with van der Waals surface area (Å²) in [4.78, 5) is 9.68. The van der Waals surface area contributed by atoms with E-state index in [9.17, 15) is 8.99 Å². The standard InChI is InChI=1S/C4H9FNO2PS/c1-8-10-9(5)3-2-6-4-7/h4H,2-3H2,1H3,(H,6,7). The molecule has 0 fully saturated rings. The summed E-state index contributed by atoms with van der Waals surface area (Å²) in [5.74, 6) is 0. The van der Waals surface area contributed by atoms with E-state index in [1.54, 1.807) is 0 Å². The maximum atomic E-state index is 12.5. The summed E-state index contributed by atoms with van der Waals surface area (Å²) < 4.78 is 17.0. The van der Waals surface area contributed by atoms with E-state index >= 15 is 0 Å². The lowest BCUT2D eigenvalue weighted by Crippen LogP contribution is -2.13. The molecule has 6 heteroatoms. The second-order valence-electron chi connectivity index (χ2n) is 1.35. The first-order chi connectivity index (χ1) is 4.81. The molecule has 0 saturated heterocycles. The molecule has 1 atom stereocenters. The van der Waals surface area contributed by atoms with Crippen LogP contribution in [0.4, 0.5) is 4.20 Å². The van der Waals surface area contributed by atoms with Crippen molar-refractivity contribution in [2.24, 2.45) is 0 Å². The molecule has 1 unspecified atom stereocenters. The highest BCUT2D eigenvalue weighted by molar-refractivity contribution is 8.51. The van der Waals surface area contributed by atoms with Crippen molar-refractivity contribution in [1.82, 2.24) is 5.32 Å². The zero-order chi connectivity index (χ0) is 7.82. The Morgan fingerprint density at radius 1 is 1.90 bits per heavy atom. The van der Waals surface area contributed by atoms with Gasteiger partial charge in [0.1, 0.15) is 0 Å². The maximum Gasteiger partial charge on any atom is 0.207 e. The third kappa shape index (κ3) is 6.26. The lowest BCUT2D eigenvalue weighted by molar-refractivity contribution is -0.109. The van der Waals surface area contributed by atoms with Crippen LogP contribution >= 0.6 is 19.1 Å². The van der Waals surface area contributed by atoms with Crippen molar-refractivity contribution in [2.75, 3.05) is 19.8 Å². The number of rotatable bonds is 6. The van der Waals surface area contributed by atoms with Gasteiger partial charge in [-0.1, -0.05) is 0 Å². The summed E-state index contributed by atoms with van der Waals surface area (Å²) in [5, 5.41) is 2.36. The Kier molecular flexibility index (Phi) is 7.35. The molecule has 3 nitrogen and oxygen atoms in total. The summed E-state index contributed by atoms with van der Waals surface area (Å²) in [5.41, 5.74) is 0. The Morgan fingerprint density at radius 2 is 2.60 bits per heavy atom. The van der Waals surface area contributed by atoms with Crippen LogP contribution in [-0.2, 0) is 8.98 Å².